The third-order valence-corrected chi connectivity index (χ3v) is 3.48. The molecule has 0 amide bonds. The first-order chi connectivity index (χ1) is 10.2. The topological polar surface area (TPSA) is 48.1 Å². The molecular weight excluding hydrogens is 260 g/mol. The Morgan fingerprint density at radius 3 is 2.67 bits per heavy atom. The van der Waals surface area contributed by atoms with Gasteiger partial charge in [0.05, 0.1) is 5.52 Å². The second-order valence-corrected chi connectivity index (χ2v) is 5.18. The Balaban J connectivity index is 1.71. The van der Waals surface area contributed by atoms with Crippen LogP contribution in [0.15, 0.2) is 60.8 Å². The SMILES string of the molecule is C[C@H](N)c1ccc(OCc2ccc3ncccc3c2)cc1. The van der Waals surface area contributed by atoms with E-state index in [0.29, 0.717) is 6.61 Å². The van der Waals surface area contributed by atoms with Gasteiger partial charge >= 0.3 is 0 Å². The fraction of sp³-hybridized carbons (Fsp3) is 0.167. The molecule has 0 aliphatic rings. The summed E-state index contributed by atoms with van der Waals surface area (Å²) in [7, 11) is 0. The summed E-state index contributed by atoms with van der Waals surface area (Å²) in [6.07, 6.45) is 1.80. The van der Waals surface area contributed by atoms with Crippen molar-refractivity contribution in [1.29, 1.82) is 0 Å². The van der Waals surface area contributed by atoms with Gasteiger partial charge < -0.3 is 10.5 Å². The summed E-state index contributed by atoms with van der Waals surface area (Å²) in [5.41, 5.74) is 9.08. The molecule has 0 unspecified atom stereocenters. The van der Waals surface area contributed by atoms with Gasteiger partial charge in [0.2, 0.25) is 0 Å². The van der Waals surface area contributed by atoms with E-state index < -0.39 is 0 Å². The normalized spacial score (nSPS) is 12.3. The Morgan fingerprint density at radius 2 is 1.90 bits per heavy atom. The number of hydrogen-bond donors (Lipinski definition) is 1. The molecule has 0 bridgehead atoms. The Morgan fingerprint density at radius 1 is 1.10 bits per heavy atom. The Labute approximate surface area is 124 Å². The van der Waals surface area contributed by atoms with Gasteiger partial charge in [0.15, 0.2) is 0 Å². The highest BCUT2D eigenvalue weighted by atomic mass is 16.5. The zero-order chi connectivity index (χ0) is 14.7. The highest BCUT2D eigenvalue weighted by Crippen LogP contribution is 2.19. The van der Waals surface area contributed by atoms with Crippen molar-refractivity contribution >= 4 is 10.9 Å². The lowest BCUT2D eigenvalue weighted by atomic mass is 10.1. The van der Waals surface area contributed by atoms with Crippen LogP contribution in [0, 0.1) is 0 Å². The summed E-state index contributed by atoms with van der Waals surface area (Å²) in [4.78, 5) is 4.31. The fourth-order valence-corrected chi connectivity index (χ4v) is 2.25. The molecule has 0 aliphatic heterocycles. The van der Waals surface area contributed by atoms with Crippen LogP contribution in [0.25, 0.3) is 10.9 Å². The van der Waals surface area contributed by atoms with E-state index in [-0.39, 0.29) is 6.04 Å². The Kier molecular flexibility index (Phi) is 3.84. The maximum absolute atomic E-state index is 5.83. The third kappa shape index (κ3) is 3.20. The van der Waals surface area contributed by atoms with Gasteiger partial charge in [0, 0.05) is 17.6 Å². The lowest BCUT2D eigenvalue weighted by Crippen LogP contribution is -2.04. The van der Waals surface area contributed by atoms with Crippen LogP contribution in [0.1, 0.15) is 24.1 Å². The quantitative estimate of drug-likeness (QED) is 0.789. The second-order valence-electron chi connectivity index (χ2n) is 5.18. The molecule has 0 aliphatic carbocycles. The van der Waals surface area contributed by atoms with E-state index in [1.165, 1.54) is 0 Å². The molecule has 1 atom stereocenters. The van der Waals surface area contributed by atoms with Crippen molar-refractivity contribution in [3.63, 3.8) is 0 Å². The molecule has 3 nitrogen and oxygen atoms in total. The van der Waals surface area contributed by atoms with Gasteiger partial charge in [-0.15, -0.1) is 0 Å². The summed E-state index contributed by atoms with van der Waals surface area (Å²) < 4.78 is 5.81. The second kappa shape index (κ2) is 5.94. The average molecular weight is 278 g/mol. The van der Waals surface area contributed by atoms with E-state index in [2.05, 4.69) is 17.1 Å². The van der Waals surface area contributed by atoms with Gasteiger partial charge in [-0.3, -0.25) is 4.98 Å². The van der Waals surface area contributed by atoms with Crippen LogP contribution >= 0.6 is 0 Å². The minimum Gasteiger partial charge on any atom is -0.489 e. The van der Waals surface area contributed by atoms with E-state index in [9.17, 15) is 0 Å². The predicted octanol–water partition coefficient (Wildman–Crippen LogP) is 3.83. The maximum Gasteiger partial charge on any atom is 0.119 e. The highest BCUT2D eigenvalue weighted by molar-refractivity contribution is 5.78. The highest BCUT2D eigenvalue weighted by Gasteiger charge is 2.01. The summed E-state index contributed by atoms with van der Waals surface area (Å²) in [6.45, 7) is 2.52. The number of nitrogens with zero attached hydrogens (tertiary/aromatic N) is 1. The van der Waals surface area contributed by atoms with Gasteiger partial charge in [-0.05, 0) is 48.4 Å². The number of ether oxygens (including phenoxy) is 1. The van der Waals surface area contributed by atoms with Crippen LogP contribution in [-0.2, 0) is 6.61 Å². The molecular formula is C18H18N2O. The Hall–Kier alpha value is -2.39. The summed E-state index contributed by atoms with van der Waals surface area (Å²) in [5, 5.41) is 1.13. The zero-order valence-corrected chi connectivity index (χ0v) is 12.0. The first-order valence-electron chi connectivity index (χ1n) is 7.04. The minimum absolute atomic E-state index is 0.0482. The molecule has 1 heterocycles. The van der Waals surface area contributed by atoms with Crippen LogP contribution in [0.3, 0.4) is 0 Å². The summed E-state index contributed by atoms with van der Waals surface area (Å²) in [6, 6.07) is 18.2. The van der Waals surface area contributed by atoms with E-state index in [4.69, 9.17) is 10.5 Å². The molecule has 2 N–H and O–H groups in total. The van der Waals surface area contributed by atoms with Crippen molar-refractivity contribution in [3.8, 4) is 5.75 Å². The predicted molar refractivity (Wildman–Crippen MR) is 85.1 cm³/mol. The standard InChI is InChI=1S/C18H18N2O/c1-13(19)15-5-7-17(8-6-15)21-12-14-4-9-18-16(11-14)3-2-10-20-18/h2-11,13H,12,19H2,1H3/t13-/m0/s1. The minimum atomic E-state index is 0.0482. The first kappa shape index (κ1) is 13.6. The summed E-state index contributed by atoms with van der Waals surface area (Å²) >= 11 is 0. The smallest absolute Gasteiger partial charge is 0.119 e. The van der Waals surface area contributed by atoms with Crippen molar-refractivity contribution < 1.29 is 4.74 Å². The van der Waals surface area contributed by atoms with Crippen LogP contribution in [0.4, 0.5) is 0 Å². The van der Waals surface area contributed by atoms with Crippen molar-refractivity contribution in [3.05, 3.63) is 71.9 Å². The van der Waals surface area contributed by atoms with Gasteiger partial charge in [-0.1, -0.05) is 24.3 Å². The third-order valence-electron chi connectivity index (χ3n) is 3.48. The molecule has 106 valence electrons. The molecule has 0 saturated carbocycles. The molecule has 3 rings (SSSR count). The average Bonchev–Trinajstić information content (AvgIpc) is 2.53. The van der Waals surface area contributed by atoms with Crippen molar-refractivity contribution in [1.82, 2.24) is 4.98 Å². The number of hydrogen-bond acceptors (Lipinski definition) is 3. The molecule has 3 heteroatoms. The van der Waals surface area contributed by atoms with Crippen molar-refractivity contribution in [2.75, 3.05) is 0 Å². The molecule has 0 spiro atoms. The number of benzene rings is 2. The molecule has 0 saturated heterocycles. The van der Waals surface area contributed by atoms with Gasteiger partial charge in [-0.2, -0.15) is 0 Å². The Bertz CT molecular complexity index is 736. The zero-order valence-electron chi connectivity index (χ0n) is 12.0. The largest absolute Gasteiger partial charge is 0.489 e. The van der Waals surface area contributed by atoms with Gasteiger partial charge in [-0.25, -0.2) is 0 Å². The number of fused-ring (bicyclic) bond motifs is 1. The van der Waals surface area contributed by atoms with E-state index in [1.54, 1.807) is 6.20 Å². The summed E-state index contributed by atoms with van der Waals surface area (Å²) in [5.74, 6) is 0.852. The van der Waals surface area contributed by atoms with Crippen molar-refractivity contribution in [2.24, 2.45) is 5.73 Å². The van der Waals surface area contributed by atoms with E-state index in [0.717, 1.165) is 27.8 Å². The molecule has 0 radical (unpaired) electrons. The number of rotatable bonds is 4. The van der Waals surface area contributed by atoms with E-state index in [1.807, 2.05) is 49.4 Å². The van der Waals surface area contributed by atoms with Crippen LogP contribution < -0.4 is 10.5 Å². The molecule has 2 aromatic carbocycles. The fourth-order valence-electron chi connectivity index (χ4n) is 2.25. The van der Waals surface area contributed by atoms with Gasteiger partial charge in [0.1, 0.15) is 12.4 Å². The number of aromatic nitrogens is 1. The monoisotopic (exact) mass is 278 g/mol. The molecule has 3 aromatic rings. The van der Waals surface area contributed by atoms with Crippen LogP contribution in [0.5, 0.6) is 5.75 Å². The maximum atomic E-state index is 5.83. The number of pyridine rings is 1. The molecule has 21 heavy (non-hydrogen) atoms. The van der Waals surface area contributed by atoms with E-state index >= 15 is 0 Å². The lowest BCUT2D eigenvalue weighted by Gasteiger charge is -2.09. The molecule has 0 fully saturated rings. The van der Waals surface area contributed by atoms with Crippen LogP contribution in [-0.4, -0.2) is 4.98 Å². The number of nitrogens with two attached hydrogens (primary N) is 1. The van der Waals surface area contributed by atoms with Crippen LogP contribution in [0.2, 0.25) is 0 Å². The van der Waals surface area contributed by atoms with Crippen molar-refractivity contribution in [2.45, 2.75) is 19.6 Å². The van der Waals surface area contributed by atoms with Gasteiger partial charge in [0.25, 0.3) is 0 Å². The first-order valence-corrected chi connectivity index (χ1v) is 7.04. The molecule has 1 aromatic heterocycles. The lowest BCUT2D eigenvalue weighted by molar-refractivity contribution is 0.306.